The van der Waals surface area contributed by atoms with Crippen molar-refractivity contribution in [3.8, 4) is 29.3 Å². The standard InChI is InChI=1S/C29H27N5O4/c1-4-22(19-11-7-5-8-12-19)31-24-25(29(38)34(28(24)37)20-13-9-6-10-14-20)32-23-16-18(17-30)15-21(26(23)35)27(36)33(2)3/h5-16,32,35,37-38H,4H2,1-3H3. The number of nitriles is 1. The second-order valence-electron chi connectivity index (χ2n) is 8.68. The SMILES string of the molecule is CCC(=Nc1c(Nc2cc(C#N)cc(C(=O)N(C)C)c2O)c(O)n(-c2ccccc2)c1O)c1ccccc1. The lowest BCUT2D eigenvalue weighted by Crippen LogP contribution is -2.22. The van der Waals surface area contributed by atoms with E-state index in [4.69, 9.17) is 4.99 Å². The van der Waals surface area contributed by atoms with Crippen molar-refractivity contribution in [1.29, 1.82) is 5.26 Å². The number of amides is 1. The first kappa shape index (κ1) is 25.9. The molecule has 4 aromatic rings. The molecule has 1 aromatic heterocycles. The normalized spacial score (nSPS) is 11.2. The van der Waals surface area contributed by atoms with Gasteiger partial charge in [-0.1, -0.05) is 55.5 Å². The van der Waals surface area contributed by atoms with Crippen molar-refractivity contribution in [2.75, 3.05) is 19.4 Å². The summed E-state index contributed by atoms with van der Waals surface area (Å²) < 4.78 is 1.22. The van der Waals surface area contributed by atoms with Crippen LogP contribution in [0.25, 0.3) is 5.69 Å². The number of anilines is 2. The topological polar surface area (TPSA) is 134 Å². The Balaban J connectivity index is 1.96. The van der Waals surface area contributed by atoms with Gasteiger partial charge in [-0.15, -0.1) is 0 Å². The summed E-state index contributed by atoms with van der Waals surface area (Å²) in [6, 6.07) is 22.8. The van der Waals surface area contributed by atoms with Crippen LogP contribution in [0.3, 0.4) is 0 Å². The van der Waals surface area contributed by atoms with Gasteiger partial charge in [-0.2, -0.15) is 5.26 Å². The maximum atomic E-state index is 12.7. The van der Waals surface area contributed by atoms with Gasteiger partial charge in [0.15, 0.2) is 11.4 Å². The molecule has 0 saturated carbocycles. The first-order valence-corrected chi connectivity index (χ1v) is 11.9. The second-order valence-corrected chi connectivity index (χ2v) is 8.68. The van der Waals surface area contributed by atoms with Gasteiger partial charge in [0.1, 0.15) is 5.69 Å². The third-order valence-corrected chi connectivity index (χ3v) is 5.93. The molecule has 38 heavy (non-hydrogen) atoms. The van der Waals surface area contributed by atoms with Gasteiger partial charge in [-0.3, -0.25) is 4.79 Å². The molecule has 3 aromatic carbocycles. The Morgan fingerprint density at radius 3 is 2.21 bits per heavy atom. The smallest absolute Gasteiger partial charge is 0.257 e. The van der Waals surface area contributed by atoms with Crippen LogP contribution in [-0.4, -0.2) is 50.5 Å². The number of aromatic nitrogens is 1. The highest BCUT2D eigenvalue weighted by Gasteiger charge is 2.26. The van der Waals surface area contributed by atoms with E-state index in [1.165, 1.54) is 35.7 Å². The molecule has 0 aliphatic heterocycles. The van der Waals surface area contributed by atoms with E-state index >= 15 is 0 Å². The van der Waals surface area contributed by atoms with Gasteiger partial charge in [0.2, 0.25) is 11.8 Å². The van der Waals surface area contributed by atoms with Crippen LogP contribution in [0.5, 0.6) is 17.5 Å². The molecule has 4 N–H and O–H groups in total. The summed E-state index contributed by atoms with van der Waals surface area (Å²) in [7, 11) is 3.06. The summed E-state index contributed by atoms with van der Waals surface area (Å²) in [5.41, 5.74) is 1.98. The molecule has 192 valence electrons. The van der Waals surface area contributed by atoms with Crippen LogP contribution in [-0.2, 0) is 0 Å². The van der Waals surface area contributed by atoms with Gasteiger partial charge in [-0.25, -0.2) is 9.56 Å². The number of aliphatic imine (C=N–C) groups is 1. The second kappa shape index (κ2) is 10.8. The zero-order chi connectivity index (χ0) is 27.4. The fraction of sp³-hybridized carbons (Fsp3) is 0.138. The number of carbonyl (C=O) groups excluding carboxylic acids is 1. The minimum atomic E-state index is -0.507. The number of benzene rings is 3. The van der Waals surface area contributed by atoms with Crippen LogP contribution in [0.2, 0.25) is 0 Å². The summed E-state index contributed by atoms with van der Waals surface area (Å²) >= 11 is 0. The van der Waals surface area contributed by atoms with Crippen molar-refractivity contribution >= 4 is 28.7 Å². The third-order valence-electron chi connectivity index (χ3n) is 5.93. The van der Waals surface area contributed by atoms with Gasteiger partial charge < -0.3 is 25.5 Å². The van der Waals surface area contributed by atoms with E-state index in [0.717, 1.165) is 5.56 Å². The number of nitrogens with zero attached hydrogens (tertiary/aromatic N) is 4. The number of para-hydroxylation sites is 1. The zero-order valence-electron chi connectivity index (χ0n) is 21.2. The number of hydrogen-bond donors (Lipinski definition) is 4. The number of aromatic hydroxyl groups is 3. The summed E-state index contributed by atoms with van der Waals surface area (Å²) in [6.07, 6.45) is 0.525. The predicted octanol–water partition coefficient (Wildman–Crippen LogP) is 5.44. The number of phenolic OH excluding ortho intramolecular Hbond substituents is 1. The maximum Gasteiger partial charge on any atom is 0.257 e. The molecule has 0 aliphatic rings. The number of phenols is 1. The minimum absolute atomic E-state index is 0.0102. The minimum Gasteiger partial charge on any atom is -0.505 e. The lowest BCUT2D eigenvalue weighted by Gasteiger charge is -2.15. The molecule has 1 heterocycles. The van der Waals surface area contributed by atoms with E-state index in [0.29, 0.717) is 17.8 Å². The summed E-state index contributed by atoms with van der Waals surface area (Å²) in [5, 5.41) is 46.0. The Morgan fingerprint density at radius 1 is 1.00 bits per heavy atom. The van der Waals surface area contributed by atoms with Crippen LogP contribution in [0.1, 0.15) is 34.8 Å². The number of carbonyl (C=O) groups is 1. The molecule has 1 amide bonds. The van der Waals surface area contributed by atoms with Crippen molar-refractivity contribution in [3.63, 3.8) is 0 Å². The average Bonchev–Trinajstić information content (AvgIpc) is 3.16. The predicted molar refractivity (Wildman–Crippen MR) is 146 cm³/mol. The van der Waals surface area contributed by atoms with Crippen molar-refractivity contribution in [3.05, 3.63) is 89.5 Å². The molecule has 0 bridgehead atoms. The lowest BCUT2D eigenvalue weighted by atomic mass is 10.1. The van der Waals surface area contributed by atoms with Crippen LogP contribution in [0.4, 0.5) is 17.1 Å². The van der Waals surface area contributed by atoms with Crippen molar-refractivity contribution in [2.45, 2.75) is 13.3 Å². The Kier molecular flexibility index (Phi) is 7.35. The highest BCUT2D eigenvalue weighted by atomic mass is 16.3. The molecule has 0 saturated heterocycles. The van der Waals surface area contributed by atoms with E-state index in [2.05, 4.69) is 5.32 Å². The molecule has 9 heteroatoms. The van der Waals surface area contributed by atoms with Gasteiger partial charge in [0.25, 0.3) is 5.91 Å². The molecule has 0 fully saturated rings. The summed E-state index contributed by atoms with van der Waals surface area (Å²) in [6.45, 7) is 1.92. The van der Waals surface area contributed by atoms with E-state index < -0.39 is 11.7 Å². The Hall–Kier alpha value is -5.23. The highest BCUT2D eigenvalue weighted by Crippen LogP contribution is 2.49. The fourth-order valence-corrected chi connectivity index (χ4v) is 4.02. The molecule has 4 rings (SSSR count). The monoisotopic (exact) mass is 509 g/mol. The highest BCUT2D eigenvalue weighted by molar-refractivity contribution is 6.04. The molecule has 9 nitrogen and oxygen atoms in total. The van der Waals surface area contributed by atoms with Gasteiger partial charge in [0.05, 0.1) is 28.6 Å². The van der Waals surface area contributed by atoms with E-state index in [-0.39, 0.29) is 39.9 Å². The van der Waals surface area contributed by atoms with Gasteiger partial charge in [0, 0.05) is 19.8 Å². The van der Waals surface area contributed by atoms with Crippen LogP contribution < -0.4 is 5.32 Å². The largest absolute Gasteiger partial charge is 0.505 e. The van der Waals surface area contributed by atoms with Crippen molar-refractivity contribution in [1.82, 2.24) is 9.47 Å². The summed E-state index contributed by atoms with van der Waals surface area (Å²) in [5.74, 6) is -1.63. The van der Waals surface area contributed by atoms with E-state index in [9.17, 15) is 25.4 Å². The first-order valence-electron chi connectivity index (χ1n) is 11.9. The number of rotatable bonds is 7. The molecule has 0 radical (unpaired) electrons. The molecular weight excluding hydrogens is 482 g/mol. The average molecular weight is 510 g/mol. The quantitative estimate of drug-likeness (QED) is 0.194. The lowest BCUT2D eigenvalue weighted by molar-refractivity contribution is 0.0824. The van der Waals surface area contributed by atoms with Gasteiger partial charge >= 0.3 is 0 Å². The fourth-order valence-electron chi connectivity index (χ4n) is 4.02. The molecule has 0 aliphatic carbocycles. The Labute approximate surface area is 220 Å². The first-order chi connectivity index (χ1) is 18.3. The Bertz CT molecular complexity index is 1550. The van der Waals surface area contributed by atoms with Crippen molar-refractivity contribution in [2.24, 2.45) is 4.99 Å². The van der Waals surface area contributed by atoms with Crippen LogP contribution >= 0.6 is 0 Å². The molecule has 0 atom stereocenters. The maximum absolute atomic E-state index is 12.7. The van der Waals surface area contributed by atoms with E-state index in [1.54, 1.807) is 30.3 Å². The number of nitrogens with one attached hydrogen (secondary N) is 1. The third kappa shape index (κ3) is 4.88. The number of hydrogen-bond acceptors (Lipinski definition) is 7. The van der Waals surface area contributed by atoms with Crippen LogP contribution in [0, 0.1) is 11.3 Å². The Morgan fingerprint density at radius 2 is 1.63 bits per heavy atom. The van der Waals surface area contributed by atoms with Crippen molar-refractivity contribution < 1.29 is 20.1 Å². The van der Waals surface area contributed by atoms with Crippen LogP contribution in [0.15, 0.2) is 77.8 Å². The molecule has 0 spiro atoms. The van der Waals surface area contributed by atoms with Gasteiger partial charge in [-0.05, 0) is 36.2 Å². The zero-order valence-corrected chi connectivity index (χ0v) is 21.2. The molecule has 0 unspecified atom stereocenters. The summed E-state index contributed by atoms with van der Waals surface area (Å²) in [4.78, 5) is 18.7. The van der Waals surface area contributed by atoms with E-state index in [1.807, 2.05) is 43.3 Å². The molecular formula is C29H27N5O4.